The van der Waals surface area contributed by atoms with Gasteiger partial charge in [0.15, 0.2) is 0 Å². The minimum atomic E-state index is -3.51. The van der Waals surface area contributed by atoms with Crippen LogP contribution < -0.4 is 0 Å². The molecule has 0 aliphatic carbocycles. The van der Waals surface area contributed by atoms with Crippen molar-refractivity contribution in [2.45, 2.75) is 39.5 Å². The molecule has 0 fully saturated rings. The van der Waals surface area contributed by atoms with Gasteiger partial charge in [0.1, 0.15) is 0 Å². The van der Waals surface area contributed by atoms with Crippen molar-refractivity contribution in [3.05, 3.63) is 28.8 Å². The first kappa shape index (κ1) is 18.1. The van der Waals surface area contributed by atoms with Crippen LogP contribution in [0.3, 0.4) is 0 Å². The number of aliphatic hydroxyl groups excluding tert-OH is 1. The molecule has 0 atom stereocenters. The smallest absolute Gasteiger partial charge is 0.243 e. The second kappa shape index (κ2) is 7.62. The van der Waals surface area contributed by atoms with Crippen molar-refractivity contribution in [1.82, 2.24) is 4.31 Å². The summed E-state index contributed by atoms with van der Waals surface area (Å²) in [5, 5.41) is 8.82. The molecule has 110 valence electrons. The summed E-state index contributed by atoms with van der Waals surface area (Å²) >= 11 is 0. The maximum Gasteiger partial charge on any atom is 0.243 e. The molecule has 0 spiro atoms. The monoisotopic (exact) mass is 287 g/mol. The first-order chi connectivity index (χ1) is 8.80. The fraction of sp³-hybridized carbons (Fsp3) is 0.571. The van der Waals surface area contributed by atoms with E-state index in [0.29, 0.717) is 4.90 Å². The number of hydrogen-bond donors (Lipinski definition) is 1. The van der Waals surface area contributed by atoms with E-state index < -0.39 is 10.0 Å². The summed E-state index contributed by atoms with van der Waals surface area (Å²) in [5.41, 5.74) is 2.53. The molecule has 1 N–H and O–H groups in total. The van der Waals surface area contributed by atoms with Gasteiger partial charge in [0.2, 0.25) is 10.0 Å². The molecule has 0 aliphatic rings. The lowest BCUT2D eigenvalue weighted by molar-refractivity contribution is 0.266. The summed E-state index contributed by atoms with van der Waals surface area (Å²) in [5.74, 6) is 0. The van der Waals surface area contributed by atoms with Crippen LogP contribution in [-0.4, -0.2) is 38.0 Å². The van der Waals surface area contributed by atoms with E-state index in [1.807, 2.05) is 32.9 Å². The van der Waals surface area contributed by atoms with Gasteiger partial charge in [-0.15, -0.1) is 0 Å². The van der Waals surface area contributed by atoms with Crippen molar-refractivity contribution >= 4 is 10.0 Å². The number of benzene rings is 1. The zero-order chi connectivity index (χ0) is 15.2. The van der Waals surface area contributed by atoms with E-state index in [9.17, 15) is 8.42 Å². The van der Waals surface area contributed by atoms with Crippen LogP contribution in [0, 0.1) is 20.8 Å². The maximum atomic E-state index is 12.3. The fourth-order valence-corrected chi connectivity index (χ4v) is 3.56. The third-order valence-corrected chi connectivity index (χ3v) is 4.85. The van der Waals surface area contributed by atoms with Crippen molar-refractivity contribution < 1.29 is 13.5 Å². The van der Waals surface area contributed by atoms with Gasteiger partial charge in [-0.3, -0.25) is 0 Å². The predicted octanol–water partition coefficient (Wildman–Crippen LogP) is 2.25. The summed E-state index contributed by atoms with van der Waals surface area (Å²) in [4.78, 5) is 0.346. The number of aliphatic hydroxyl groups is 1. The highest BCUT2D eigenvalue weighted by Crippen LogP contribution is 2.24. The minimum Gasteiger partial charge on any atom is -0.395 e. The Labute approximate surface area is 117 Å². The Morgan fingerprint density at radius 2 is 1.53 bits per heavy atom. The Hall–Kier alpha value is -0.910. The second-order valence-corrected chi connectivity index (χ2v) is 6.26. The highest BCUT2D eigenvalue weighted by atomic mass is 32.2. The van der Waals surface area contributed by atoms with Crippen molar-refractivity contribution in [1.29, 1.82) is 0 Å². The van der Waals surface area contributed by atoms with E-state index in [-0.39, 0.29) is 13.2 Å². The topological polar surface area (TPSA) is 57.6 Å². The van der Waals surface area contributed by atoms with E-state index >= 15 is 0 Å². The van der Waals surface area contributed by atoms with Crippen LogP contribution in [0.4, 0.5) is 0 Å². The number of sulfonamides is 1. The van der Waals surface area contributed by atoms with Crippen LogP contribution >= 0.6 is 0 Å². The summed E-state index contributed by atoms with van der Waals surface area (Å²) in [7, 11) is -2.03. The molecular weight excluding hydrogens is 262 g/mol. The molecule has 1 rings (SSSR count). The zero-order valence-corrected chi connectivity index (χ0v) is 13.5. The molecule has 1 aromatic rings. The zero-order valence-electron chi connectivity index (χ0n) is 12.7. The van der Waals surface area contributed by atoms with Crippen LogP contribution in [0.5, 0.6) is 0 Å². The summed E-state index contributed by atoms with van der Waals surface area (Å²) in [6, 6.07) is 3.71. The molecule has 1 aromatic carbocycles. The van der Waals surface area contributed by atoms with Gasteiger partial charge in [0.05, 0.1) is 11.5 Å². The van der Waals surface area contributed by atoms with Crippen molar-refractivity contribution in [2.75, 3.05) is 20.2 Å². The molecule has 0 radical (unpaired) electrons. The van der Waals surface area contributed by atoms with E-state index in [2.05, 4.69) is 0 Å². The van der Waals surface area contributed by atoms with Crippen molar-refractivity contribution in [3.63, 3.8) is 0 Å². The van der Waals surface area contributed by atoms with Crippen molar-refractivity contribution in [3.8, 4) is 0 Å². The normalized spacial score (nSPS) is 11.2. The lowest BCUT2D eigenvalue weighted by Crippen LogP contribution is -2.30. The number of hydrogen-bond acceptors (Lipinski definition) is 3. The number of rotatable bonds is 4. The molecule has 0 unspecified atom stereocenters. The first-order valence-electron chi connectivity index (χ1n) is 6.45. The molecule has 0 heterocycles. The van der Waals surface area contributed by atoms with E-state index in [1.165, 1.54) is 11.4 Å². The van der Waals surface area contributed by atoms with E-state index in [1.54, 1.807) is 13.8 Å². The Balaban J connectivity index is 0.00000154. The maximum absolute atomic E-state index is 12.3. The molecule has 5 heteroatoms. The number of likely N-dealkylation sites (N-methyl/N-ethyl adjacent to an activating group) is 1. The minimum absolute atomic E-state index is 0.106. The summed E-state index contributed by atoms with van der Waals surface area (Å²) in [6.45, 7) is 9.45. The molecule has 19 heavy (non-hydrogen) atoms. The fourth-order valence-electron chi connectivity index (χ4n) is 1.99. The van der Waals surface area contributed by atoms with Gasteiger partial charge in [-0.05, 0) is 31.9 Å². The summed E-state index contributed by atoms with van der Waals surface area (Å²) in [6.07, 6.45) is 0. The Morgan fingerprint density at radius 1 is 1.11 bits per heavy atom. The van der Waals surface area contributed by atoms with Crippen LogP contribution in [-0.2, 0) is 10.0 Å². The lowest BCUT2D eigenvalue weighted by Gasteiger charge is -2.19. The average Bonchev–Trinajstić information content (AvgIpc) is 2.30. The molecule has 0 saturated carbocycles. The molecular formula is C14H25NO3S. The Kier molecular flexibility index (Phi) is 7.26. The van der Waals surface area contributed by atoms with Gasteiger partial charge >= 0.3 is 0 Å². The van der Waals surface area contributed by atoms with Gasteiger partial charge in [-0.2, -0.15) is 4.31 Å². The molecule has 0 aliphatic heterocycles. The van der Waals surface area contributed by atoms with Gasteiger partial charge in [0, 0.05) is 13.6 Å². The average molecular weight is 287 g/mol. The lowest BCUT2D eigenvalue weighted by atomic mass is 10.1. The van der Waals surface area contributed by atoms with Crippen LogP contribution in [0.25, 0.3) is 0 Å². The predicted molar refractivity (Wildman–Crippen MR) is 78.9 cm³/mol. The van der Waals surface area contributed by atoms with Crippen LogP contribution in [0.15, 0.2) is 17.0 Å². The van der Waals surface area contributed by atoms with Crippen LogP contribution in [0.2, 0.25) is 0 Å². The van der Waals surface area contributed by atoms with E-state index in [0.717, 1.165) is 16.7 Å². The van der Waals surface area contributed by atoms with E-state index in [4.69, 9.17) is 5.11 Å². The third-order valence-electron chi connectivity index (χ3n) is 2.69. The first-order valence-corrected chi connectivity index (χ1v) is 7.89. The number of aryl methyl sites for hydroxylation is 3. The molecule has 0 amide bonds. The largest absolute Gasteiger partial charge is 0.395 e. The molecule has 0 bridgehead atoms. The highest BCUT2D eigenvalue weighted by molar-refractivity contribution is 7.89. The number of nitrogens with zero attached hydrogens (tertiary/aromatic N) is 1. The standard InChI is InChI=1S/C12H19NO3S.C2H6/c1-9-7-10(2)12(11(3)8-9)17(15,16)13(4)5-6-14;1-2/h7-8,14H,5-6H2,1-4H3;1-2H3. The van der Waals surface area contributed by atoms with Crippen LogP contribution in [0.1, 0.15) is 30.5 Å². The van der Waals surface area contributed by atoms with Gasteiger partial charge in [-0.25, -0.2) is 8.42 Å². The Morgan fingerprint density at radius 3 is 1.89 bits per heavy atom. The van der Waals surface area contributed by atoms with Gasteiger partial charge in [-0.1, -0.05) is 31.5 Å². The third kappa shape index (κ3) is 4.30. The molecule has 0 aromatic heterocycles. The highest BCUT2D eigenvalue weighted by Gasteiger charge is 2.24. The summed E-state index contributed by atoms with van der Waals surface area (Å²) < 4.78 is 25.8. The SMILES string of the molecule is CC.Cc1cc(C)c(S(=O)(=O)N(C)CCO)c(C)c1. The second-order valence-electron chi connectivity index (χ2n) is 4.28. The Bertz CT molecular complexity index is 486. The van der Waals surface area contributed by atoms with Gasteiger partial charge in [0.25, 0.3) is 0 Å². The van der Waals surface area contributed by atoms with Crippen molar-refractivity contribution in [2.24, 2.45) is 0 Å². The quantitative estimate of drug-likeness (QED) is 0.924. The molecule has 0 saturated heterocycles. The van der Waals surface area contributed by atoms with Gasteiger partial charge < -0.3 is 5.11 Å². The molecule has 4 nitrogen and oxygen atoms in total.